The van der Waals surface area contributed by atoms with Crippen LogP contribution in [0.2, 0.25) is 5.15 Å². The molecule has 2 heterocycles. The van der Waals surface area contributed by atoms with Gasteiger partial charge in [0.2, 0.25) is 0 Å². The van der Waals surface area contributed by atoms with Gasteiger partial charge in [0.05, 0.1) is 0 Å². The van der Waals surface area contributed by atoms with E-state index in [1.165, 1.54) is 11.1 Å². The van der Waals surface area contributed by atoms with Crippen LogP contribution in [-0.4, -0.2) is 41.5 Å². The van der Waals surface area contributed by atoms with Crippen LogP contribution in [0.15, 0.2) is 48.7 Å². The number of likely N-dealkylation sites (N-methyl/N-ethyl adjacent to an activating group) is 1. The van der Waals surface area contributed by atoms with E-state index in [1.807, 2.05) is 12.3 Å². The zero-order chi connectivity index (χ0) is 14.7. The topological polar surface area (TPSA) is 19.4 Å². The molecule has 1 aromatic heterocycles. The fraction of sp³-hybridized carbons (Fsp3) is 0.353. The smallest absolute Gasteiger partial charge is 0.129 e. The van der Waals surface area contributed by atoms with Crippen LogP contribution >= 0.6 is 11.6 Å². The van der Waals surface area contributed by atoms with Crippen LogP contribution in [0.5, 0.6) is 0 Å². The predicted octanol–water partition coefficient (Wildman–Crippen LogP) is 3.22. The van der Waals surface area contributed by atoms with Gasteiger partial charge in [0, 0.05) is 38.4 Å². The molecule has 3 nitrogen and oxygen atoms in total. The summed E-state index contributed by atoms with van der Waals surface area (Å²) in [5.41, 5.74) is 2.59. The first-order chi connectivity index (χ1) is 10.2. The third-order valence-corrected chi connectivity index (χ3v) is 4.28. The molecule has 0 amide bonds. The molecule has 1 aliphatic rings. The van der Waals surface area contributed by atoms with Gasteiger partial charge in [-0.25, -0.2) is 4.98 Å². The lowest BCUT2D eigenvalue weighted by molar-refractivity contribution is 0.0833. The molecule has 1 unspecified atom stereocenters. The number of pyridine rings is 1. The van der Waals surface area contributed by atoms with E-state index in [-0.39, 0.29) is 0 Å². The number of halogens is 1. The minimum Gasteiger partial charge on any atom is -0.303 e. The average Bonchev–Trinajstić information content (AvgIpc) is 2.52. The molecule has 0 spiro atoms. The first kappa shape index (κ1) is 14.5. The Labute approximate surface area is 131 Å². The summed E-state index contributed by atoms with van der Waals surface area (Å²) in [7, 11) is 2.19. The molecular weight excluding hydrogens is 282 g/mol. The lowest BCUT2D eigenvalue weighted by Crippen LogP contribution is -2.46. The number of piperazine rings is 1. The molecule has 0 saturated carbocycles. The Kier molecular flexibility index (Phi) is 4.54. The molecule has 110 valence electrons. The fourth-order valence-electron chi connectivity index (χ4n) is 2.87. The fourth-order valence-corrected chi connectivity index (χ4v) is 2.98. The number of hydrogen-bond donors (Lipinski definition) is 0. The van der Waals surface area contributed by atoms with Crippen LogP contribution in [0.4, 0.5) is 0 Å². The van der Waals surface area contributed by atoms with Gasteiger partial charge in [-0.15, -0.1) is 0 Å². The Morgan fingerprint density at radius 1 is 1.14 bits per heavy atom. The molecule has 1 aliphatic heterocycles. The van der Waals surface area contributed by atoms with E-state index < -0.39 is 0 Å². The molecule has 1 saturated heterocycles. The zero-order valence-corrected chi connectivity index (χ0v) is 13.0. The molecule has 1 atom stereocenters. The van der Waals surface area contributed by atoms with E-state index in [0.717, 1.165) is 26.2 Å². The number of hydrogen-bond acceptors (Lipinski definition) is 3. The van der Waals surface area contributed by atoms with Crippen molar-refractivity contribution in [2.45, 2.75) is 12.6 Å². The minimum atomic E-state index is 0.431. The summed E-state index contributed by atoms with van der Waals surface area (Å²) >= 11 is 5.87. The second kappa shape index (κ2) is 6.56. The number of aromatic nitrogens is 1. The van der Waals surface area contributed by atoms with Crippen LogP contribution < -0.4 is 0 Å². The molecule has 1 fully saturated rings. The van der Waals surface area contributed by atoms with Crippen molar-refractivity contribution >= 4 is 11.6 Å². The second-order valence-corrected chi connectivity index (χ2v) is 6.04. The quantitative estimate of drug-likeness (QED) is 0.812. The first-order valence-corrected chi connectivity index (χ1v) is 7.68. The Bertz CT molecular complexity index is 570. The highest BCUT2D eigenvalue weighted by Gasteiger charge is 2.26. The van der Waals surface area contributed by atoms with Crippen molar-refractivity contribution in [2.75, 3.05) is 26.7 Å². The summed E-state index contributed by atoms with van der Waals surface area (Å²) in [5.74, 6) is 0. The molecule has 0 aliphatic carbocycles. The highest BCUT2D eigenvalue weighted by Crippen LogP contribution is 2.26. The molecule has 1 aromatic carbocycles. The Balaban J connectivity index is 1.79. The van der Waals surface area contributed by atoms with Gasteiger partial charge in [0.15, 0.2) is 0 Å². The van der Waals surface area contributed by atoms with Crippen molar-refractivity contribution < 1.29 is 0 Å². The van der Waals surface area contributed by atoms with Gasteiger partial charge in [0.25, 0.3) is 0 Å². The van der Waals surface area contributed by atoms with Crippen LogP contribution in [-0.2, 0) is 6.54 Å². The highest BCUT2D eigenvalue weighted by molar-refractivity contribution is 6.29. The summed E-state index contributed by atoms with van der Waals surface area (Å²) < 4.78 is 0. The third kappa shape index (κ3) is 3.62. The van der Waals surface area contributed by atoms with E-state index in [2.05, 4.69) is 58.2 Å². The maximum Gasteiger partial charge on any atom is 0.129 e. The van der Waals surface area contributed by atoms with E-state index in [9.17, 15) is 0 Å². The molecule has 0 radical (unpaired) electrons. The van der Waals surface area contributed by atoms with Gasteiger partial charge in [0.1, 0.15) is 5.15 Å². The third-order valence-electron chi connectivity index (χ3n) is 4.05. The Hall–Kier alpha value is -1.42. The summed E-state index contributed by atoms with van der Waals surface area (Å²) in [4.78, 5) is 9.11. The SMILES string of the molecule is CN1CCN(Cc2ccc(Cl)nc2)C(c2ccccc2)C1. The van der Waals surface area contributed by atoms with Gasteiger partial charge in [-0.2, -0.15) is 0 Å². The van der Waals surface area contributed by atoms with Crippen molar-refractivity contribution in [3.8, 4) is 0 Å². The molecule has 2 aromatic rings. The van der Waals surface area contributed by atoms with Crippen LogP contribution in [0.3, 0.4) is 0 Å². The first-order valence-electron chi connectivity index (χ1n) is 7.30. The molecule has 0 bridgehead atoms. The molecule has 4 heteroatoms. The van der Waals surface area contributed by atoms with Crippen LogP contribution in [0, 0.1) is 0 Å². The number of rotatable bonds is 3. The van der Waals surface area contributed by atoms with E-state index >= 15 is 0 Å². The maximum atomic E-state index is 5.87. The van der Waals surface area contributed by atoms with Crippen molar-refractivity contribution in [1.29, 1.82) is 0 Å². The van der Waals surface area contributed by atoms with Gasteiger partial charge >= 0.3 is 0 Å². The summed E-state index contributed by atoms with van der Waals surface area (Å²) in [6.45, 7) is 4.14. The monoisotopic (exact) mass is 301 g/mol. The summed E-state index contributed by atoms with van der Waals surface area (Å²) in [6, 6.07) is 15.1. The van der Waals surface area contributed by atoms with E-state index in [4.69, 9.17) is 11.6 Å². The standard InChI is InChI=1S/C17H20ClN3/c1-20-9-10-21(12-14-7-8-17(18)19-11-14)16(13-20)15-5-3-2-4-6-15/h2-8,11,16H,9-10,12-13H2,1H3. The van der Waals surface area contributed by atoms with E-state index in [0.29, 0.717) is 11.2 Å². The highest BCUT2D eigenvalue weighted by atomic mass is 35.5. The van der Waals surface area contributed by atoms with Gasteiger partial charge in [-0.3, -0.25) is 4.90 Å². The van der Waals surface area contributed by atoms with Crippen molar-refractivity contribution in [3.05, 3.63) is 64.9 Å². The molecule has 0 N–H and O–H groups in total. The van der Waals surface area contributed by atoms with Crippen molar-refractivity contribution in [3.63, 3.8) is 0 Å². The summed E-state index contributed by atoms with van der Waals surface area (Å²) in [6.07, 6.45) is 1.88. The Morgan fingerprint density at radius 2 is 1.95 bits per heavy atom. The lowest BCUT2D eigenvalue weighted by Gasteiger charge is -2.40. The summed E-state index contributed by atoms with van der Waals surface area (Å²) in [5, 5.41) is 0.553. The van der Waals surface area contributed by atoms with Gasteiger partial charge < -0.3 is 4.90 Å². The van der Waals surface area contributed by atoms with Crippen molar-refractivity contribution in [1.82, 2.24) is 14.8 Å². The Morgan fingerprint density at radius 3 is 2.67 bits per heavy atom. The zero-order valence-electron chi connectivity index (χ0n) is 12.2. The van der Waals surface area contributed by atoms with E-state index in [1.54, 1.807) is 0 Å². The van der Waals surface area contributed by atoms with Crippen LogP contribution in [0.1, 0.15) is 17.2 Å². The van der Waals surface area contributed by atoms with Crippen molar-refractivity contribution in [2.24, 2.45) is 0 Å². The van der Waals surface area contributed by atoms with Crippen LogP contribution in [0.25, 0.3) is 0 Å². The molecule has 21 heavy (non-hydrogen) atoms. The number of benzene rings is 1. The number of nitrogens with zero attached hydrogens (tertiary/aromatic N) is 3. The average molecular weight is 302 g/mol. The van der Waals surface area contributed by atoms with Gasteiger partial charge in [-0.1, -0.05) is 48.0 Å². The maximum absolute atomic E-state index is 5.87. The normalized spacial score (nSPS) is 20.6. The molecule has 3 rings (SSSR count). The molecular formula is C17H20ClN3. The largest absolute Gasteiger partial charge is 0.303 e. The minimum absolute atomic E-state index is 0.431. The van der Waals surface area contributed by atoms with Gasteiger partial charge in [-0.05, 0) is 24.2 Å². The second-order valence-electron chi connectivity index (χ2n) is 5.65. The lowest BCUT2D eigenvalue weighted by atomic mass is 10.0. The predicted molar refractivity (Wildman–Crippen MR) is 86.3 cm³/mol.